The number of aryl methyl sites for hydroxylation is 4. The number of benzene rings is 1. The van der Waals surface area contributed by atoms with E-state index >= 15 is 0 Å². The third kappa shape index (κ3) is 9.11. The van der Waals surface area contributed by atoms with Crippen LogP contribution >= 0.6 is 0 Å². The number of hydrogen-bond donors (Lipinski definition) is 0. The normalized spacial score (nSPS) is 13.1. The van der Waals surface area contributed by atoms with E-state index in [1.807, 2.05) is 19.1 Å². The largest absolute Gasteiger partial charge is 0.289 e. The Morgan fingerprint density at radius 1 is 0.500 bits per heavy atom. The Bertz CT molecular complexity index is 1500. The van der Waals surface area contributed by atoms with E-state index in [2.05, 4.69) is 68.0 Å². The molecular formula is C42H58N2O2+2. The SMILES string of the molecule is CC[n+]1c(C)cc(-c2cc(C)[n+](CCCCCCCCCCCCCCCC3=C(C)C(=O)c4ccccc4C3=O)c(C)c2)cc1C. The van der Waals surface area contributed by atoms with Gasteiger partial charge in [-0.05, 0) is 44.2 Å². The zero-order valence-electron chi connectivity index (χ0n) is 29.6. The van der Waals surface area contributed by atoms with E-state index in [1.54, 1.807) is 12.1 Å². The van der Waals surface area contributed by atoms with E-state index in [9.17, 15) is 9.59 Å². The van der Waals surface area contributed by atoms with Crippen LogP contribution in [0.15, 0.2) is 59.7 Å². The molecule has 0 fully saturated rings. The van der Waals surface area contributed by atoms with Crippen LogP contribution in [0, 0.1) is 27.7 Å². The second-order valence-electron chi connectivity index (χ2n) is 13.6. The molecule has 0 saturated heterocycles. The highest BCUT2D eigenvalue weighted by Crippen LogP contribution is 2.29. The van der Waals surface area contributed by atoms with Gasteiger partial charge in [0.05, 0.1) is 0 Å². The Kier molecular flexibility index (Phi) is 13.5. The van der Waals surface area contributed by atoms with Crippen molar-refractivity contribution in [3.05, 3.63) is 93.6 Å². The fourth-order valence-electron chi connectivity index (χ4n) is 7.40. The maximum atomic E-state index is 12.9. The molecule has 1 aliphatic rings. The standard InChI is InChI=1S/C42H58N2O2/c1-7-43-31(2)27-36(28-32(43)3)37-29-33(4)44(34(5)30-37)26-22-18-16-14-12-10-8-9-11-13-15-17-19-23-38-35(6)41(45)39-24-20-21-25-40(39)42(38)46/h20-21,24-25,27-30H,7-19,22-23,26H2,1-6H3/q+2. The van der Waals surface area contributed by atoms with Gasteiger partial charge in [0.2, 0.25) is 0 Å². The first-order chi connectivity index (χ1) is 22.2. The predicted octanol–water partition coefficient (Wildman–Crippen LogP) is 10.0. The van der Waals surface area contributed by atoms with Gasteiger partial charge in [-0.2, -0.15) is 0 Å². The summed E-state index contributed by atoms with van der Waals surface area (Å²) < 4.78 is 4.86. The summed E-state index contributed by atoms with van der Waals surface area (Å²) in [7, 11) is 0. The van der Waals surface area contributed by atoms with Crippen LogP contribution < -0.4 is 9.13 Å². The van der Waals surface area contributed by atoms with Gasteiger partial charge in [0, 0.05) is 80.7 Å². The summed E-state index contributed by atoms with van der Waals surface area (Å²) in [6.07, 6.45) is 17.3. The third-order valence-electron chi connectivity index (χ3n) is 10.1. The summed E-state index contributed by atoms with van der Waals surface area (Å²) in [4.78, 5) is 25.6. The molecule has 46 heavy (non-hydrogen) atoms. The van der Waals surface area contributed by atoms with E-state index in [0.29, 0.717) is 16.7 Å². The number of fused-ring (bicyclic) bond motifs is 1. The number of hydrogen-bond acceptors (Lipinski definition) is 2. The third-order valence-corrected chi connectivity index (χ3v) is 10.1. The van der Waals surface area contributed by atoms with Crippen LogP contribution in [0.5, 0.6) is 0 Å². The highest BCUT2D eigenvalue weighted by atomic mass is 16.1. The Morgan fingerprint density at radius 3 is 1.35 bits per heavy atom. The molecule has 1 aliphatic carbocycles. The number of pyridine rings is 2. The molecule has 0 N–H and O–H groups in total. The van der Waals surface area contributed by atoms with Gasteiger partial charge in [-0.15, -0.1) is 0 Å². The quantitative estimate of drug-likeness (QED) is 0.105. The van der Waals surface area contributed by atoms with Gasteiger partial charge in [0.1, 0.15) is 13.1 Å². The number of Topliss-reactive ketones (excluding diaryl/α,β-unsaturated/α-hetero) is 2. The first-order valence-electron chi connectivity index (χ1n) is 18.1. The fourth-order valence-corrected chi connectivity index (χ4v) is 7.40. The van der Waals surface area contributed by atoms with Gasteiger partial charge in [0.25, 0.3) is 0 Å². The number of carbonyl (C=O) groups is 2. The van der Waals surface area contributed by atoms with Crippen molar-refractivity contribution in [2.24, 2.45) is 0 Å². The van der Waals surface area contributed by atoms with Crippen molar-refractivity contribution >= 4 is 11.6 Å². The molecular weight excluding hydrogens is 564 g/mol. The number of aromatic nitrogens is 2. The average molecular weight is 623 g/mol. The van der Waals surface area contributed by atoms with Crippen molar-refractivity contribution in [1.29, 1.82) is 0 Å². The van der Waals surface area contributed by atoms with E-state index in [0.717, 1.165) is 37.9 Å². The molecule has 0 radical (unpaired) electrons. The number of rotatable bonds is 18. The lowest BCUT2D eigenvalue weighted by atomic mass is 9.82. The molecule has 0 bridgehead atoms. The van der Waals surface area contributed by atoms with Crippen LogP contribution in [0.4, 0.5) is 0 Å². The van der Waals surface area contributed by atoms with E-state index in [1.165, 1.54) is 105 Å². The summed E-state index contributed by atoms with van der Waals surface area (Å²) in [5.74, 6) is 0.0784. The van der Waals surface area contributed by atoms with Crippen LogP contribution in [-0.4, -0.2) is 11.6 Å². The van der Waals surface area contributed by atoms with Gasteiger partial charge in [-0.25, -0.2) is 9.13 Å². The monoisotopic (exact) mass is 622 g/mol. The highest BCUT2D eigenvalue weighted by molar-refractivity contribution is 6.26. The zero-order chi connectivity index (χ0) is 33.1. The summed E-state index contributed by atoms with van der Waals surface area (Å²) in [5.41, 5.74) is 10.5. The number of ketones is 2. The molecule has 0 aliphatic heterocycles. The fraction of sp³-hybridized carbons (Fsp3) is 0.524. The molecule has 0 amide bonds. The van der Waals surface area contributed by atoms with Crippen LogP contribution in [0.2, 0.25) is 0 Å². The number of allylic oxidation sites excluding steroid dienone is 2. The van der Waals surface area contributed by atoms with Crippen LogP contribution in [-0.2, 0) is 13.1 Å². The lowest BCUT2D eigenvalue weighted by Gasteiger charge is -2.18. The second-order valence-corrected chi connectivity index (χ2v) is 13.6. The van der Waals surface area contributed by atoms with Gasteiger partial charge < -0.3 is 0 Å². The first kappa shape index (κ1) is 35.5. The van der Waals surface area contributed by atoms with E-state index < -0.39 is 0 Å². The van der Waals surface area contributed by atoms with Gasteiger partial charge in [0.15, 0.2) is 34.3 Å². The maximum Gasteiger partial charge on any atom is 0.190 e. The van der Waals surface area contributed by atoms with Crippen LogP contribution in [0.1, 0.15) is 147 Å². The molecule has 4 nitrogen and oxygen atoms in total. The second kappa shape index (κ2) is 17.5. The highest BCUT2D eigenvalue weighted by Gasteiger charge is 2.28. The molecule has 246 valence electrons. The molecule has 2 aromatic heterocycles. The van der Waals surface area contributed by atoms with Gasteiger partial charge in [-0.1, -0.05) is 88.5 Å². The van der Waals surface area contributed by atoms with Gasteiger partial charge in [-0.3, -0.25) is 9.59 Å². The molecule has 4 rings (SSSR count). The van der Waals surface area contributed by atoms with Crippen molar-refractivity contribution in [2.45, 2.75) is 145 Å². The Labute approximate surface area is 279 Å². The summed E-state index contributed by atoms with van der Waals surface area (Å²) >= 11 is 0. The maximum absolute atomic E-state index is 12.9. The molecule has 0 spiro atoms. The molecule has 3 aromatic rings. The minimum atomic E-state index is 0.0224. The zero-order valence-corrected chi connectivity index (χ0v) is 29.6. The molecule has 4 heteroatoms. The van der Waals surface area contributed by atoms with E-state index in [4.69, 9.17) is 0 Å². The van der Waals surface area contributed by atoms with Crippen molar-refractivity contribution < 1.29 is 18.7 Å². The molecule has 2 heterocycles. The topological polar surface area (TPSA) is 41.9 Å². The lowest BCUT2D eigenvalue weighted by molar-refractivity contribution is -0.708. The average Bonchev–Trinajstić information content (AvgIpc) is 3.04. The van der Waals surface area contributed by atoms with Gasteiger partial charge >= 0.3 is 0 Å². The lowest BCUT2D eigenvalue weighted by Crippen LogP contribution is -2.40. The Morgan fingerprint density at radius 2 is 0.891 bits per heavy atom. The van der Waals surface area contributed by atoms with Crippen LogP contribution in [0.3, 0.4) is 0 Å². The number of nitrogens with zero attached hydrogens (tertiary/aromatic N) is 2. The van der Waals surface area contributed by atoms with Crippen molar-refractivity contribution in [3.63, 3.8) is 0 Å². The first-order valence-corrected chi connectivity index (χ1v) is 18.1. The molecule has 1 aromatic carbocycles. The van der Waals surface area contributed by atoms with Crippen molar-refractivity contribution in [2.75, 3.05) is 0 Å². The molecule has 0 unspecified atom stereocenters. The minimum absolute atomic E-state index is 0.0224. The van der Waals surface area contributed by atoms with Crippen molar-refractivity contribution in [1.82, 2.24) is 0 Å². The Balaban J connectivity index is 1.02. The van der Waals surface area contributed by atoms with Crippen LogP contribution in [0.25, 0.3) is 11.1 Å². The predicted molar refractivity (Wildman–Crippen MR) is 189 cm³/mol. The number of carbonyl (C=O) groups excluding carboxylic acids is 2. The van der Waals surface area contributed by atoms with Crippen molar-refractivity contribution in [3.8, 4) is 11.1 Å². The smallest absolute Gasteiger partial charge is 0.190 e. The number of unbranched alkanes of at least 4 members (excludes halogenated alkanes) is 12. The van der Waals surface area contributed by atoms with E-state index in [-0.39, 0.29) is 11.6 Å². The summed E-state index contributed by atoms with van der Waals surface area (Å²) in [5, 5.41) is 0. The minimum Gasteiger partial charge on any atom is -0.289 e. The molecule has 0 saturated carbocycles. The Hall–Kier alpha value is -3.40. The summed E-state index contributed by atoms with van der Waals surface area (Å²) in [6.45, 7) is 15.1. The summed E-state index contributed by atoms with van der Waals surface area (Å²) in [6, 6.07) is 16.6. The molecule has 0 atom stereocenters.